The van der Waals surface area contributed by atoms with Gasteiger partial charge < -0.3 is 10.1 Å². The number of halogens is 1. The quantitative estimate of drug-likeness (QED) is 0.864. The zero-order valence-corrected chi connectivity index (χ0v) is 13.8. The summed E-state index contributed by atoms with van der Waals surface area (Å²) in [6.07, 6.45) is 0. The molecular formula is C15H18BrNOS. The molecule has 0 fully saturated rings. The van der Waals surface area contributed by atoms with E-state index in [1.165, 1.54) is 16.0 Å². The highest BCUT2D eigenvalue weighted by Gasteiger charge is 2.18. The van der Waals surface area contributed by atoms with Crippen LogP contribution in [0.15, 0.2) is 34.1 Å². The molecule has 1 heterocycles. The molecule has 4 heteroatoms. The molecule has 0 bridgehead atoms. The van der Waals surface area contributed by atoms with Gasteiger partial charge in [-0.2, -0.15) is 0 Å². The highest BCUT2D eigenvalue weighted by Crippen LogP contribution is 2.33. The average molecular weight is 340 g/mol. The third kappa shape index (κ3) is 3.38. The molecule has 2 nitrogen and oxygen atoms in total. The van der Waals surface area contributed by atoms with Gasteiger partial charge >= 0.3 is 0 Å². The molecule has 0 aliphatic rings. The van der Waals surface area contributed by atoms with Crippen molar-refractivity contribution in [3.8, 4) is 5.75 Å². The highest BCUT2D eigenvalue weighted by atomic mass is 79.9. The van der Waals surface area contributed by atoms with Crippen molar-refractivity contribution >= 4 is 27.3 Å². The Hall–Kier alpha value is -0.840. The first kappa shape index (κ1) is 14.6. The summed E-state index contributed by atoms with van der Waals surface area (Å²) in [5.41, 5.74) is 2.47. The first-order valence-corrected chi connectivity index (χ1v) is 7.94. The Bertz CT molecular complexity index is 553. The van der Waals surface area contributed by atoms with Crippen molar-refractivity contribution < 1.29 is 4.74 Å². The minimum Gasteiger partial charge on any atom is -0.496 e. The molecule has 0 saturated carbocycles. The first-order chi connectivity index (χ1) is 9.15. The molecule has 1 aromatic heterocycles. The molecule has 2 rings (SSSR count). The van der Waals surface area contributed by atoms with Gasteiger partial charge in [0, 0.05) is 14.9 Å². The van der Waals surface area contributed by atoms with Crippen molar-refractivity contribution in [2.45, 2.75) is 19.9 Å². The molecule has 19 heavy (non-hydrogen) atoms. The number of aryl methyl sites for hydroxylation is 1. The summed E-state index contributed by atoms with van der Waals surface area (Å²) in [6.45, 7) is 5.17. The van der Waals surface area contributed by atoms with Crippen LogP contribution in [0, 0.1) is 6.92 Å². The van der Waals surface area contributed by atoms with E-state index in [4.69, 9.17) is 4.74 Å². The van der Waals surface area contributed by atoms with Crippen molar-refractivity contribution in [2.75, 3.05) is 13.7 Å². The SMILES string of the molecule is CCNC(c1csc(C)c1)c1ccc(Br)cc1OC. The van der Waals surface area contributed by atoms with E-state index in [-0.39, 0.29) is 6.04 Å². The lowest BCUT2D eigenvalue weighted by Crippen LogP contribution is -2.22. The molecule has 0 radical (unpaired) electrons. The van der Waals surface area contributed by atoms with E-state index >= 15 is 0 Å². The molecule has 0 aliphatic carbocycles. The fourth-order valence-corrected chi connectivity index (χ4v) is 3.22. The molecule has 1 unspecified atom stereocenters. The van der Waals surface area contributed by atoms with Crippen LogP contribution < -0.4 is 10.1 Å². The van der Waals surface area contributed by atoms with Gasteiger partial charge in [0.05, 0.1) is 13.2 Å². The Labute approximate surface area is 126 Å². The maximum atomic E-state index is 5.52. The van der Waals surface area contributed by atoms with Crippen LogP contribution in [0.25, 0.3) is 0 Å². The number of rotatable bonds is 5. The van der Waals surface area contributed by atoms with Crippen LogP contribution in [-0.4, -0.2) is 13.7 Å². The van der Waals surface area contributed by atoms with Crippen LogP contribution in [-0.2, 0) is 0 Å². The summed E-state index contributed by atoms with van der Waals surface area (Å²) in [4.78, 5) is 1.33. The van der Waals surface area contributed by atoms with Crippen LogP contribution in [0.5, 0.6) is 5.75 Å². The van der Waals surface area contributed by atoms with Crippen molar-refractivity contribution in [3.05, 3.63) is 50.1 Å². The van der Waals surface area contributed by atoms with Crippen molar-refractivity contribution in [1.29, 1.82) is 0 Å². The second-order valence-electron chi connectivity index (χ2n) is 4.37. The molecule has 0 spiro atoms. The van der Waals surface area contributed by atoms with Crippen LogP contribution in [0.2, 0.25) is 0 Å². The second-order valence-corrected chi connectivity index (χ2v) is 6.40. The standard InChI is InChI=1S/C15H18BrNOS/c1-4-17-15(11-7-10(2)19-9-11)13-6-5-12(16)8-14(13)18-3/h5-9,15,17H,4H2,1-3H3. The van der Waals surface area contributed by atoms with E-state index in [0.717, 1.165) is 16.8 Å². The van der Waals surface area contributed by atoms with Crippen molar-refractivity contribution in [3.63, 3.8) is 0 Å². The largest absolute Gasteiger partial charge is 0.496 e. The van der Waals surface area contributed by atoms with E-state index in [9.17, 15) is 0 Å². The number of thiophene rings is 1. The number of nitrogens with one attached hydrogen (secondary N) is 1. The van der Waals surface area contributed by atoms with Crippen molar-refractivity contribution in [1.82, 2.24) is 5.32 Å². The van der Waals surface area contributed by atoms with Crippen LogP contribution in [0.3, 0.4) is 0 Å². The average Bonchev–Trinajstić information content (AvgIpc) is 2.82. The fraction of sp³-hybridized carbons (Fsp3) is 0.333. The Morgan fingerprint density at radius 1 is 1.37 bits per heavy atom. The van der Waals surface area contributed by atoms with Gasteiger partial charge in [0.25, 0.3) is 0 Å². The van der Waals surface area contributed by atoms with E-state index in [1.54, 1.807) is 18.4 Å². The van der Waals surface area contributed by atoms with Gasteiger partial charge in [0.1, 0.15) is 5.75 Å². The summed E-state index contributed by atoms with van der Waals surface area (Å²) in [6, 6.07) is 8.60. The van der Waals surface area contributed by atoms with Gasteiger partial charge in [0.15, 0.2) is 0 Å². The van der Waals surface area contributed by atoms with Crippen LogP contribution >= 0.6 is 27.3 Å². The predicted octanol–water partition coefficient (Wildman–Crippen LogP) is 4.53. The molecule has 1 N–H and O–H groups in total. The Kier molecular flexibility index (Phi) is 5.02. The minimum atomic E-state index is 0.179. The van der Waals surface area contributed by atoms with E-state index < -0.39 is 0 Å². The number of hydrogen-bond donors (Lipinski definition) is 1. The lowest BCUT2D eigenvalue weighted by Gasteiger charge is -2.20. The van der Waals surface area contributed by atoms with Gasteiger partial charge in [-0.1, -0.05) is 28.9 Å². The molecule has 1 atom stereocenters. The van der Waals surface area contributed by atoms with E-state index in [2.05, 4.69) is 58.7 Å². The molecule has 2 aromatic rings. The summed E-state index contributed by atoms with van der Waals surface area (Å²) in [7, 11) is 1.72. The lowest BCUT2D eigenvalue weighted by molar-refractivity contribution is 0.404. The highest BCUT2D eigenvalue weighted by molar-refractivity contribution is 9.10. The Morgan fingerprint density at radius 2 is 2.16 bits per heavy atom. The van der Waals surface area contributed by atoms with Gasteiger partial charge in [-0.15, -0.1) is 11.3 Å². The van der Waals surface area contributed by atoms with Gasteiger partial charge in [-0.05, 0) is 42.6 Å². The fourth-order valence-electron chi connectivity index (χ4n) is 2.15. The number of benzene rings is 1. The smallest absolute Gasteiger partial charge is 0.125 e. The first-order valence-electron chi connectivity index (χ1n) is 6.27. The zero-order chi connectivity index (χ0) is 13.8. The number of methoxy groups -OCH3 is 1. The summed E-state index contributed by atoms with van der Waals surface area (Å²) in [5, 5.41) is 5.75. The lowest BCUT2D eigenvalue weighted by atomic mass is 10.00. The summed E-state index contributed by atoms with van der Waals surface area (Å²) in [5.74, 6) is 0.907. The molecular weight excluding hydrogens is 322 g/mol. The maximum Gasteiger partial charge on any atom is 0.125 e. The van der Waals surface area contributed by atoms with Crippen LogP contribution in [0.4, 0.5) is 0 Å². The van der Waals surface area contributed by atoms with Gasteiger partial charge in [-0.25, -0.2) is 0 Å². The van der Waals surface area contributed by atoms with E-state index in [1.807, 2.05) is 6.07 Å². The van der Waals surface area contributed by atoms with Crippen molar-refractivity contribution in [2.24, 2.45) is 0 Å². The minimum absolute atomic E-state index is 0.179. The van der Waals surface area contributed by atoms with E-state index in [0.29, 0.717) is 0 Å². The van der Waals surface area contributed by atoms with Crippen LogP contribution in [0.1, 0.15) is 29.0 Å². The number of ether oxygens (including phenoxy) is 1. The second kappa shape index (κ2) is 6.55. The summed E-state index contributed by atoms with van der Waals surface area (Å²) < 4.78 is 6.55. The molecule has 0 saturated heterocycles. The maximum absolute atomic E-state index is 5.52. The number of hydrogen-bond acceptors (Lipinski definition) is 3. The molecule has 0 aliphatic heterocycles. The zero-order valence-electron chi connectivity index (χ0n) is 11.4. The molecule has 102 valence electrons. The third-order valence-corrected chi connectivity index (χ3v) is 4.37. The topological polar surface area (TPSA) is 21.3 Å². The normalized spacial score (nSPS) is 12.4. The van der Waals surface area contributed by atoms with Gasteiger partial charge in [-0.3, -0.25) is 0 Å². The monoisotopic (exact) mass is 339 g/mol. The molecule has 1 aromatic carbocycles. The third-order valence-electron chi connectivity index (χ3n) is 3.00. The predicted molar refractivity (Wildman–Crippen MR) is 85.3 cm³/mol. The van der Waals surface area contributed by atoms with Gasteiger partial charge in [0.2, 0.25) is 0 Å². The Morgan fingerprint density at radius 3 is 2.74 bits per heavy atom. The Balaban J connectivity index is 2.44. The molecule has 0 amide bonds. The summed E-state index contributed by atoms with van der Waals surface area (Å²) >= 11 is 5.27.